The Kier molecular flexibility index (Phi) is 17.9. The number of aliphatic hydroxyl groups excluding tert-OH is 2. The van der Waals surface area contributed by atoms with Gasteiger partial charge in [-0.2, -0.15) is 0 Å². The van der Waals surface area contributed by atoms with Gasteiger partial charge in [0.25, 0.3) is 0 Å². The van der Waals surface area contributed by atoms with E-state index in [4.69, 9.17) is 47.4 Å². The smallest absolute Gasteiger partial charge is 0.341 e. The van der Waals surface area contributed by atoms with Gasteiger partial charge in [-0.25, -0.2) is 38.4 Å². The molecule has 8 aromatic carbocycles. The first-order valence-corrected chi connectivity index (χ1v) is 31.2. The molecule has 26 N–H and O–H groups in total. The van der Waals surface area contributed by atoms with Crippen LogP contribution >= 0.6 is 0 Å². The number of hydrogen-bond donors (Lipinski definition) is 26. The summed E-state index contributed by atoms with van der Waals surface area (Å²) in [6.07, 6.45) is -27.5. The van der Waals surface area contributed by atoms with E-state index in [-0.39, 0.29) is 18.2 Å². The molecular weight excluding hydrogens is 1520 g/mol. The maximum atomic E-state index is 16.1. The number of benzene rings is 8. The van der Waals surface area contributed by atoms with Crippen LogP contribution in [-0.2, 0) is 47.4 Å². The van der Waals surface area contributed by atoms with Crippen molar-refractivity contribution in [1.29, 1.82) is 0 Å². The van der Waals surface area contributed by atoms with Crippen LogP contribution in [0.25, 0.3) is 44.5 Å². The SMILES string of the molecule is O=C(OC1OC2COC(=O)c3cc(O)c(O)c(O)c3-c3c(cc(O)c(O)c3O)C(=O)OC2C2OC(=O)c3cc(O)c(O)c(O)c3-c3c(O)c(O)c(O)c(-c4c(C(=O)OC5OC6COC(=O)c7cc(O)c(O)c(O)c7-c7c(cc(O)c(O)c7O)C(=O)OC6C(O)C5O)cc(O)c(O)c4O)c3C(=O)OC12)c1cc(O)c(O)c(O)c1. The van der Waals surface area contributed by atoms with Gasteiger partial charge in [0.1, 0.15) is 37.6 Å². The number of phenolic OH excluding ortho intramolecular Hbond substituents is 24. The van der Waals surface area contributed by atoms with Gasteiger partial charge in [-0.05, 0) is 48.5 Å². The van der Waals surface area contributed by atoms with Crippen molar-refractivity contribution in [2.45, 2.75) is 61.4 Å². The topological polar surface area (TPSA) is 755 Å². The van der Waals surface area contributed by atoms with Crippen LogP contribution in [0.1, 0.15) is 82.9 Å². The first-order valence-electron chi connectivity index (χ1n) is 31.2. The number of carbonyl (C=O) groups excluding carboxylic acids is 8. The molecule has 44 heteroatoms. The fourth-order valence-electron chi connectivity index (χ4n) is 12.8. The Hall–Kier alpha value is -15.4. The summed E-state index contributed by atoms with van der Waals surface area (Å²) >= 11 is 0. The van der Waals surface area contributed by atoms with Gasteiger partial charge in [0.05, 0.1) is 44.5 Å². The molecule has 0 amide bonds. The Morgan fingerprint density at radius 3 is 1.00 bits per heavy atom. The molecule has 0 spiro atoms. The molecule has 0 saturated carbocycles. The lowest BCUT2D eigenvalue weighted by Crippen LogP contribution is -2.63. The highest BCUT2D eigenvalue weighted by Gasteiger charge is 2.58. The Labute approximate surface area is 614 Å². The number of phenols is 24. The van der Waals surface area contributed by atoms with Gasteiger partial charge in [0.2, 0.25) is 58.9 Å². The molecule has 2 fully saturated rings. The Morgan fingerprint density at radius 2 is 0.580 bits per heavy atom. The fraction of sp³-hybridized carbons (Fsp3) is 0.176. The second-order valence-corrected chi connectivity index (χ2v) is 24.7. The average Bonchev–Trinajstić information content (AvgIpc) is 0.738. The maximum absolute atomic E-state index is 16.1. The number of aliphatic hydroxyl groups is 2. The zero-order chi connectivity index (χ0) is 81.6. The number of ether oxygens (including phenoxy) is 10. The summed E-state index contributed by atoms with van der Waals surface area (Å²) in [7, 11) is 0. The third kappa shape index (κ3) is 11.6. The lowest BCUT2D eigenvalue weighted by Gasteiger charge is -2.44. The third-order valence-corrected chi connectivity index (χ3v) is 18.2. The van der Waals surface area contributed by atoms with Crippen LogP contribution in [-0.4, -0.2) is 255 Å². The minimum atomic E-state index is -3.08. The average molecular weight is 1570 g/mol. The summed E-state index contributed by atoms with van der Waals surface area (Å²) in [4.78, 5) is 118. The number of esters is 8. The second kappa shape index (κ2) is 26.8. The zero-order valence-electron chi connectivity index (χ0n) is 54.8. The molecule has 2 saturated heterocycles. The van der Waals surface area contributed by atoms with Gasteiger partial charge in [0, 0.05) is 44.5 Å². The summed E-state index contributed by atoms with van der Waals surface area (Å²) < 4.78 is 56.1. The van der Waals surface area contributed by atoms with Gasteiger partial charge < -0.3 is 180 Å². The first kappa shape index (κ1) is 74.8. The molecule has 10 atom stereocenters. The predicted octanol–water partition coefficient (Wildman–Crippen LogP) is 1.33. The Morgan fingerprint density at radius 1 is 0.277 bits per heavy atom. The van der Waals surface area contributed by atoms with Crippen molar-refractivity contribution < 1.29 is 218 Å². The number of carbonyl (C=O) groups is 8. The maximum Gasteiger partial charge on any atom is 0.341 e. The van der Waals surface area contributed by atoms with Crippen molar-refractivity contribution in [1.82, 2.24) is 0 Å². The van der Waals surface area contributed by atoms with E-state index in [0.717, 1.165) is 0 Å². The van der Waals surface area contributed by atoms with E-state index in [1.165, 1.54) is 0 Å². The number of cyclic esters (lactones) is 2. The van der Waals surface area contributed by atoms with Crippen molar-refractivity contribution in [2.75, 3.05) is 13.2 Å². The number of hydrogen-bond acceptors (Lipinski definition) is 44. The van der Waals surface area contributed by atoms with E-state index in [9.17, 15) is 152 Å². The number of rotatable bonds is 5. The van der Waals surface area contributed by atoms with E-state index in [1.807, 2.05) is 0 Å². The lowest BCUT2D eigenvalue weighted by atomic mass is 9.84. The highest BCUT2D eigenvalue weighted by Crippen LogP contribution is 2.61. The summed E-state index contributed by atoms with van der Waals surface area (Å²) in [6.45, 7) is -2.90. The van der Waals surface area contributed by atoms with Crippen molar-refractivity contribution in [3.63, 3.8) is 0 Å². The molecule has 0 radical (unpaired) electrons. The normalized spacial score (nSPS) is 21.4. The number of fused-ring (bicyclic) bond motifs is 13. The summed E-state index contributed by atoms with van der Waals surface area (Å²) in [5.41, 5.74) is -22.4. The molecule has 0 aromatic heterocycles. The second-order valence-electron chi connectivity index (χ2n) is 24.7. The third-order valence-electron chi connectivity index (χ3n) is 18.2. The van der Waals surface area contributed by atoms with Crippen LogP contribution in [0, 0.1) is 0 Å². The molecule has 10 unspecified atom stereocenters. The summed E-state index contributed by atoms with van der Waals surface area (Å²) in [5.74, 6) is -54.2. The van der Waals surface area contributed by atoms with Crippen molar-refractivity contribution in [3.8, 4) is 182 Å². The lowest BCUT2D eigenvalue weighted by molar-refractivity contribution is -0.284. The van der Waals surface area contributed by atoms with Crippen molar-refractivity contribution >= 4 is 47.8 Å². The minimum absolute atomic E-state index is 0.0679. The van der Waals surface area contributed by atoms with Crippen LogP contribution in [0.2, 0.25) is 0 Å². The molecule has 8 aromatic rings. The molecule has 584 valence electrons. The Bertz CT molecular complexity index is 5520. The number of aromatic hydroxyl groups is 24. The van der Waals surface area contributed by atoms with Gasteiger partial charge in [-0.15, -0.1) is 0 Å². The van der Waals surface area contributed by atoms with Crippen molar-refractivity contribution in [2.24, 2.45) is 0 Å². The standard InChI is InChI=1S/C68H48O44/c69-18-1-11(2-19(70)37(18)77)59(95)111-68-58-57(56-27(106-68)10-104-61(97)13-4-21(72)39(79)45(85)29(13)31-15(63(99)108-56)6-23(74)41(81)47(31)87)109-64(100)16-7-24(75)42(82)48(88)32(16)34-36(66(102)110-58)35(51(91)52(92)50(34)90)33-17(8-25(76)43(83)49(33)89)65(101)112-67-54(94)53(93)55-26(105-67)9-103-60(96)12-3-20(71)38(78)44(84)28(12)30-14(62(98)107-55)5-22(73)40(80)46(30)86/h1-8,26-27,53-58,67-94H,9-10H2. The molecule has 5 heterocycles. The largest absolute Gasteiger partial charge is 0.504 e. The Balaban J connectivity index is 0.975. The van der Waals surface area contributed by atoms with E-state index in [0.29, 0.717) is 30.3 Å². The van der Waals surface area contributed by atoms with Crippen LogP contribution in [0.3, 0.4) is 0 Å². The molecule has 0 bridgehead atoms. The van der Waals surface area contributed by atoms with Gasteiger partial charge >= 0.3 is 47.8 Å². The van der Waals surface area contributed by atoms with E-state index in [1.54, 1.807) is 0 Å². The van der Waals surface area contributed by atoms with Gasteiger partial charge in [-0.3, -0.25) is 0 Å². The van der Waals surface area contributed by atoms with Crippen LogP contribution in [0.4, 0.5) is 0 Å². The van der Waals surface area contributed by atoms with Gasteiger partial charge in [0.15, 0.2) is 116 Å². The zero-order valence-corrected chi connectivity index (χ0v) is 54.8. The molecule has 0 aliphatic carbocycles. The van der Waals surface area contributed by atoms with E-state index < -0.39 is 349 Å². The van der Waals surface area contributed by atoms with Crippen LogP contribution in [0.15, 0.2) is 48.5 Å². The molecule has 13 rings (SSSR count). The van der Waals surface area contributed by atoms with Crippen molar-refractivity contribution in [3.05, 3.63) is 93.0 Å². The van der Waals surface area contributed by atoms with Crippen LogP contribution in [0.5, 0.6) is 138 Å². The van der Waals surface area contributed by atoms with Gasteiger partial charge in [-0.1, -0.05) is 0 Å². The first-order chi connectivity index (χ1) is 52.7. The van der Waals surface area contributed by atoms with Crippen LogP contribution < -0.4 is 0 Å². The molecule has 5 aliphatic heterocycles. The molecule has 44 nitrogen and oxygen atoms in total. The molecule has 112 heavy (non-hydrogen) atoms. The minimum Gasteiger partial charge on any atom is -0.504 e. The highest BCUT2D eigenvalue weighted by molar-refractivity contribution is 6.16. The summed E-state index contributed by atoms with van der Waals surface area (Å²) in [5, 5.41) is 289. The monoisotopic (exact) mass is 1570 g/mol. The van der Waals surface area contributed by atoms with E-state index in [2.05, 4.69) is 0 Å². The van der Waals surface area contributed by atoms with E-state index >= 15 is 19.2 Å². The highest BCUT2D eigenvalue weighted by atomic mass is 16.8. The quantitative estimate of drug-likeness (QED) is 0.0656. The predicted molar refractivity (Wildman–Crippen MR) is 345 cm³/mol. The summed E-state index contributed by atoms with van der Waals surface area (Å²) in [6, 6.07) is 2.39. The fourth-order valence-corrected chi connectivity index (χ4v) is 12.8. The molecular formula is C68H48O44. The molecule has 5 aliphatic rings.